The van der Waals surface area contributed by atoms with E-state index in [2.05, 4.69) is 20.0 Å². The number of nitrogens with zero attached hydrogens (tertiary/aromatic N) is 4. The number of aromatic hydroxyl groups is 2. The van der Waals surface area contributed by atoms with Crippen LogP contribution in [0.4, 0.5) is 0 Å². The molecule has 21 heavy (non-hydrogen) atoms. The number of pyridine rings is 2. The SMILES string of the molecule is Oc1cnccc1C=NCCN=Cc1ccncc1O.[Co]. The van der Waals surface area contributed by atoms with Crippen molar-refractivity contribution < 1.29 is 27.0 Å². The van der Waals surface area contributed by atoms with Gasteiger partial charge in [-0.15, -0.1) is 0 Å². The molecule has 0 spiro atoms. The Kier molecular flexibility index (Phi) is 7.06. The van der Waals surface area contributed by atoms with Crippen molar-refractivity contribution in [2.45, 2.75) is 0 Å². The second-order valence-corrected chi connectivity index (χ2v) is 3.94. The van der Waals surface area contributed by atoms with E-state index in [0.29, 0.717) is 24.2 Å². The summed E-state index contributed by atoms with van der Waals surface area (Å²) in [5.41, 5.74) is 1.24. The number of aromatic nitrogens is 2. The Hall–Kier alpha value is -2.25. The van der Waals surface area contributed by atoms with Gasteiger partial charge in [0.1, 0.15) is 11.5 Å². The summed E-state index contributed by atoms with van der Waals surface area (Å²) in [4.78, 5) is 15.9. The molecule has 0 aliphatic carbocycles. The minimum atomic E-state index is 0. The summed E-state index contributed by atoms with van der Waals surface area (Å²) < 4.78 is 0. The zero-order chi connectivity index (χ0) is 14.2. The van der Waals surface area contributed by atoms with Gasteiger partial charge in [0.05, 0.1) is 25.5 Å². The topological polar surface area (TPSA) is 91.0 Å². The zero-order valence-corrected chi connectivity index (χ0v) is 12.1. The maximum Gasteiger partial charge on any atom is 0.142 e. The number of hydrogen-bond donors (Lipinski definition) is 2. The normalized spacial score (nSPS) is 10.9. The summed E-state index contributed by atoms with van der Waals surface area (Å²) in [5.74, 6) is 0.197. The average Bonchev–Trinajstić information content (AvgIpc) is 2.46. The van der Waals surface area contributed by atoms with E-state index < -0.39 is 0 Å². The van der Waals surface area contributed by atoms with Gasteiger partial charge in [-0.05, 0) is 12.1 Å². The molecule has 1 radical (unpaired) electrons. The van der Waals surface area contributed by atoms with Crippen molar-refractivity contribution in [3.63, 3.8) is 0 Å². The fourth-order valence-corrected chi connectivity index (χ4v) is 1.45. The van der Waals surface area contributed by atoms with Crippen molar-refractivity contribution >= 4 is 12.4 Å². The molecule has 0 amide bonds. The van der Waals surface area contributed by atoms with Crippen LogP contribution in [0.3, 0.4) is 0 Å². The molecular weight excluding hydrogens is 315 g/mol. The van der Waals surface area contributed by atoms with Gasteiger partial charge in [-0.25, -0.2) is 0 Å². The van der Waals surface area contributed by atoms with Crippen molar-refractivity contribution in [3.8, 4) is 11.5 Å². The van der Waals surface area contributed by atoms with Gasteiger partial charge >= 0.3 is 0 Å². The molecule has 2 rings (SSSR count). The summed E-state index contributed by atoms with van der Waals surface area (Å²) in [5, 5.41) is 19.0. The molecule has 0 aromatic carbocycles. The van der Waals surface area contributed by atoms with Gasteiger partial charge in [-0.2, -0.15) is 0 Å². The maximum atomic E-state index is 9.48. The predicted octanol–water partition coefficient (Wildman–Crippen LogP) is 1.42. The monoisotopic (exact) mass is 329 g/mol. The molecule has 0 bridgehead atoms. The van der Waals surface area contributed by atoms with Crippen LogP contribution in [0.1, 0.15) is 11.1 Å². The Labute approximate surface area is 132 Å². The zero-order valence-electron chi connectivity index (χ0n) is 11.0. The van der Waals surface area contributed by atoms with E-state index in [1.54, 1.807) is 37.0 Å². The van der Waals surface area contributed by atoms with Gasteiger partial charge < -0.3 is 10.2 Å². The average molecular weight is 329 g/mol. The summed E-state index contributed by atoms with van der Waals surface area (Å²) in [7, 11) is 0. The van der Waals surface area contributed by atoms with Crippen LogP contribution >= 0.6 is 0 Å². The van der Waals surface area contributed by atoms with Crippen LogP contribution in [0.15, 0.2) is 46.9 Å². The predicted molar refractivity (Wildman–Crippen MR) is 76.7 cm³/mol. The molecule has 2 heterocycles. The molecule has 111 valence electrons. The molecule has 0 unspecified atom stereocenters. The Morgan fingerprint density at radius 2 is 1.29 bits per heavy atom. The Bertz CT molecular complexity index is 576. The first-order chi connectivity index (χ1) is 9.77. The van der Waals surface area contributed by atoms with Crippen LogP contribution < -0.4 is 0 Å². The van der Waals surface area contributed by atoms with Crippen LogP contribution in [-0.4, -0.2) is 45.7 Å². The summed E-state index contributed by atoms with van der Waals surface area (Å²) in [6, 6.07) is 3.36. The minimum absolute atomic E-state index is 0. The van der Waals surface area contributed by atoms with E-state index in [0.717, 1.165) is 0 Å². The van der Waals surface area contributed by atoms with E-state index in [4.69, 9.17) is 0 Å². The molecule has 0 saturated heterocycles. The van der Waals surface area contributed by atoms with Crippen LogP contribution in [0, 0.1) is 0 Å². The molecule has 0 aliphatic heterocycles. The first-order valence-corrected chi connectivity index (χ1v) is 6.03. The van der Waals surface area contributed by atoms with Crippen LogP contribution in [0.5, 0.6) is 11.5 Å². The van der Waals surface area contributed by atoms with E-state index >= 15 is 0 Å². The first-order valence-electron chi connectivity index (χ1n) is 6.03. The van der Waals surface area contributed by atoms with Crippen LogP contribution in [-0.2, 0) is 16.8 Å². The molecule has 0 aliphatic rings. The van der Waals surface area contributed by atoms with Crippen LogP contribution in [0.25, 0.3) is 0 Å². The van der Waals surface area contributed by atoms with Gasteiger partial charge in [0.2, 0.25) is 0 Å². The Balaban J connectivity index is 0.00000220. The van der Waals surface area contributed by atoms with Crippen molar-refractivity contribution in [1.82, 2.24) is 9.97 Å². The maximum absolute atomic E-state index is 9.48. The quantitative estimate of drug-likeness (QED) is 0.641. The van der Waals surface area contributed by atoms with Crippen molar-refractivity contribution in [3.05, 3.63) is 48.0 Å². The minimum Gasteiger partial charge on any atom is -0.506 e. The number of rotatable bonds is 5. The van der Waals surface area contributed by atoms with E-state index in [1.165, 1.54) is 12.4 Å². The smallest absolute Gasteiger partial charge is 0.142 e. The van der Waals surface area contributed by atoms with E-state index in [-0.39, 0.29) is 28.3 Å². The molecule has 2 N–H and O–H groups in total. The fraction of sp³-hybridized carbons (Fsp3) is 0.143. The fourth-order valence-electron chi connectivity index (χ4n) is 1.45. The third-order valence-corrected chi connectivity index (χ3v) is 2.48. The Morgan fingerprint density at radius 3 is 1.67 bits per heavy atom. The number of hydrogen-bond acceptors (Lipinski definition) is 6. The largest absolute Gasteiger partial charge is 0.506 e. The third kappa shape index (κ3) is 5.32. The first kappa shape index (κ1) is 16.8. The second-order valence-electron chi connectivity index (χ2n) is 3.94. The molecule has 2 aromatic rings. The Morgan fingerprint density at radius 1 is 0.857 bits per heavy atom. The summed E-state index contributed by atoms with van der Waals surface area (Å²) in [6.07, 6.45) is 9.07. The molecule has 0 saturated carbocycles. The van der Waals surface area contributed by atoms with Crippen molar-refractivity contribution in [2.24, 2.45) is 9.98 Å². The van der Waals surface area contributed by atoms with Crippen molar-refractivity contribution in [2.75, 3.05) is 13.1 Å². The second kappa shape index (κ2) is 8.83. The standard InChI is InChI=1S/C14H14N4O2.Co/c19-13-9-15-3-1-11(13)7-17-5-6-18-8-12-2-4-16-10-14(12)20;/h1-4,7-10,19-20H,5-6H2;. The van der Waals surface area contributed by atoms with Gasteiger partial charge in [0.15, 0.2) is 0 Å². The molecule has 6 nitrogen and oxygen atoms in total. The molecular formula is C14H14CoN4O2. The summed E-state index contributed by atoms with van der Waals surface area (Å²) in [6.45, 7) is 0.980. The number of aliphatic imine (C=N–C) groups is 2. The van der Waals surface area contributed by atoms with Gasteiger partial charge in [0.25, 0.3) is 0 Å². The van der Waals surface area contributed by atoms with Gasteiger partial charge in [-0.1, -0.05) is 0 Å². The van der Waals surface area contributed by atoms with E-state index in [1.807, 2.05) is 0 Å². The van der Waals surface area contributed by atoms with Gasteiger partial charge in [0, 0.05) is 52.7 Å². The van der Waals surface area contributed by atoms with Crippen molar-refractivity contribution in [1.29, 1.82) is 0 Å². The molecule has 0 atom stereocenters. The molecule has 0 fully saturated rings. The molecule has 2 aromatic heterocycles. The summed E-state index contributed by atoms with van der Waals surface area (Å²) >= 11 is 0. The van der Waals surface area contributed by atoms with Crippen LogP contribution in [0.2, 0.25) is 0 Å². The van der Waals surface area contributed by atoms with E-state index in [9.17, 15) is 10.2 Å². The third-order valence-electron chi connectivity index (χ3n) is 2.48. The molecule has 7 heteroatoms. The van der Waals surface area contributed by atoms with Gasteiger partial charge in [-0.3, -0.25) is 20.0 Å².